The van der Waals surface area contributed by atoms with Gasteiger partial charge in [-0.25, -0.2) is 4.79 Å². The van der Waals surface area contributed by atoms with Gasteiger partial charge in [0.25, 0.3) is 0 Å². The van der Waals surface area contributed by atoms with Crippen LogP contribution >= 0.6 is 0 Å². The average Bonchev–Trinajstić information content (AvgIpc) is 3.50. The van der Waals surface area contributed by atoms with Gasteiger partial charge >= 0.3 is 5.97 Å². The van der Waals surface area contributed by atoms with Gasteiger partial charge in [0, 0.05) is 38.5 Å². The van der Waals surface area contributed by atoms with Crippen molar-refractivity contribution >= 4 is 23.4 Å². The number of hydrogen-bond donors (Lipinski definition) is 0. The number of likely N-dealkylation sites (tertiary alicyclic amines) is 1. The van der Waals surface area contributed by atoms with Crippen molar-refractivity contribution in [1.82, 2.24) is 9.80 Å². The first-order valence-electron chi connectivity index (χ1n) is 12.1. The quantitative estimate of drug-likeness (QED) is 0.662. The van der Waals surface area contributed by atoms with E-state index in [1.165, 1.54) is 5.57 Å². The highest BCUT2D eigenvalue weighted by atomic mass is 16.6. The topological polar surface area (TPSA) is 66.9 Å². The van der Waals surface area contributed by atoms with Crippen molar-refractivity contribution in [3.05, 3.63) is 76.9 Å². The number of fused-ring (bicyclic) bond motifs is 2. The molecule has 34 heavy (non-hydrogen) atoms. The van der Waals surface area contributed by atoms with Crippen LogP contribution in [0.3, 0.4) is 0 Å². The average molecular weight is 457 g/mol. The first kappa shape index (κ1) is 21.1. The van der Waals surface area contributed by atoms with E-state index < -0.39 is 11.0 Å². The summed E-state index contributed by atoms with van der Waals surface area (Å²) in [6.07, 6.45) is 5.31. The van der Waals surface area contributed by atoms with Crippen molar-refractivity contribution < 1.29 is 19.1 Å². The zero-order chi connectivity index (χ0) is 23.5. The fourth-order valence-electron chi connectivity index (χ4n) is 5.88. The van der Waals surface area contributed by atoms with Crippen molar-refractivity contribution in [1.29, 1.82) is 0 Å². The van der Waals surface area contributed by atoms with Gasteiger partial charge < -0.3 is 14.5 Å². The SMILES string of the molecule is CC(=O)N1CC=C(c2ccc(C3(C(=O)N4CC[C@@]5(C4)OC(=O)c4ccccc45)CC3)cc2)CC1. The summed E-state index contributed by atoms with van der Waals surface area (Å²) in [6, 6.07) is 15.9. The molecule has 6 nitrogen and oxygen atoms in total. The van der Waals surface area contributed by atoms with Crippen LogP contribution in [0.2, 0.25) is 0 Å². The minimum absolute atomic E-state index is 0.111. The largest absolute Gasteiger partial charge is 0.449 e. The van der Waals surface area contributed by atoms with Crippen LogP contribution in [0.1, 0.15) is 59.7 Å². The van der Waals surface area contributed by atoms with Crippen molar-refractivity contribution in [2.24, 2.45) is 0 Å². The summed E-state index contributed by atoms with van der Waals surface area (Å²) >= 11 is 0. The summed E-state index contributed by atoms with van der Waals surface area (Å²) in [7, 11) is 0. The minimum atomic E-state index is -0.704. The van der Waals surface area contributed by atoms with Crippen LogP contribution in [0, 0.1) is 0 Å². The summed E-state index contributed by atoms with van der Waals surface area (Å²) in [5.41, 5.74) is 3.84. The molecule has 6 rings (SSSR count). The Balaban J connectivity index is 1.19. The summed E-state index contributed by atoms with van der Waals surface area (Å²) < 4.78 is 5.84. The molecule has 1 saturated heterocycles. The van der Waals surface area contributed by atoms with Crippen molar-refractivity contribution in [3.8, 4) is 0 Å². The Labute approximate surface area is 199 Å². The molecule has 1 aliphatic carbocycles. The first-order valence-corrected chi connectivity index (χ1v) is 12.1. The number of esters is 1. The Morgan fingerprint density at radius 1 is 0.941 bits per heavy atom. The lowest BCUT2D eigenvalue weighted by molar-refractivity contribution is -0.134. The van der Waals surface area contributed by atoms with Gasteiger partial charge in [0.05, 0.1) is 17.5 Å². The van der Waals surface area contributed by atoms with Crippen LogP contribution in [0.15, 0.2) is 54.6 Å². The van der Waals surface area contributed by atoms with E-state index in [-0.39, 0.29) is 17.8 Å². The Morgan fingerprint density at radius 3 is 2.38 bits per heavy atom. The van der Waals surface area contributed by atoms with Crippen molar-refractivity contribution in [3.63, 3.8) is 0 Å². The zero-order valence-corrected chi connectivity index (χ0v) is 19.4. The fourth-order valence-corrected chi connectivity index (χ4v) is 5.88. The smallest absolute Gasteiger partial charge is 0.339 e. The summed E-state index contributed by atoms with van der Waals surface area (Å²) in [5, 5.41) is 0. The van der Waals surface area contributed by atoms with Gasteiger partial charge in [-0.15, -0.1) is 0 Å². The van der Waals surface area contributed by atoms with Crippen LogP contribution in [0.5, 0.6) is 0 Å². The van der Waals surface area contributed by atoms with Gasteiger partial charge in [0.2, 0.25) is 11.8 Å². The normalized spacial score (nSPS) is 24.6. The number of carbonyl (C=O) groups is 3. The number of carbonyl (C=O) groups excluding carboxylic acids is 3. The first-order chi connectivity index (χ1) is 16.4. The maximum atomic E-state index is 13.7. The third-order valence-corrected chi connectivity index (χ3v) is 8.07. The van der Waals surface area contributed by atoms with Gasteiger partial charge in [-0.05, 0) is 42.0 Å². The summed E-state index contributed by atoms with van der Waals surface area (Å²) in [6.45, 7) is 4.03. The highest BCUT2D eigenvalue weighted by molar-refractivity contribution is 5.96. The molecule has 0 N–H and O–H groups in total. The van der Waals surface area contributed by atoms with E-state index in [4.69, 9.17) is 4.74 Å². The van der Waals surface area contributed by atoms with Gasteiger partial charge in [0.1, 0.15) is 0 Å². The Hall–Kier alpha value is -3.41. The molecule has 2 amide bonds. The molecular formula is C28H28N2O4. The van der Waals surface area contributed by atoms with E-state index in [0.717, 1.165) is 42.5 Å². The molecule has 2 fully saturated rings. The number of hydrogen-bond acceptors (Lipinski definition) is 4. The molecule has 174 valence electrons. The summed E-state index contributed by atoms with van der Waals surface area (Å²) in [4.78, 5) is 41.4. The van der Waals surface area contributed by atoms with E-state index >= 15 is 0 Å². The molecule has 0 unspecified atom stereocenters. The predicted molar refractivity (Wildman–Crippen MR) is 127 cm³/mol. The van der Waals surface area contributed by atoms with Crippen LogP contribution in [-0.4, -0.2) is 53.8 Å². The number of rotatable bonds is 3. The molecular weight excluding hydrogens is 428 g/mol. The standard InChI is InChI=1S/C28H28N2O4/c1-19(31)29-15-10-21(11-16-29)20-6-8-22(9-7-20)27(12-13-27)26(33)30-17-14-28(18-30)24-5-3-2-4-23(24)25(32)34-28/h2-10H,11-18H2,1H3/t28-/m0/s1. The van der Waals surface area contributed by atoms with E-state index in [2.05, 4.69) is 30.3 Å². The predicted octanol–water partition coefficient (Wildman–Crippen LogP) is 3.65. The maximum absolute atomic E-state index is 13.7. The molecule has 0 radical (unpaired) electrons. The second kappa shape index (κ2) is 7.55. The van der Waals surface area contributed by atoms with Gasteiger partial charge in [-0.2, -0.15) is 0 Å². The Morgan fingerprint density at radius 2 is 1.71 bits per heavy atom. The highest BCUT2D eigenvalue weighted by Crippen LogP contribution is 2.52. The van der Waals surface area contributed by atoms with Gasteiger partial charge in [0.15, 0.2) is 5.60 Å². The molecule has 2 aromatic carbocycles. The van der Waals surface area contributed by atoms with E-state index in [0.29, 0.717) is 31.6 Å². The van der Waals surface area contributed by atoms with Crippen molar-refractivity contribution in [2.45, 2.75) is 43.6 Å². The Kier molecular flexibility index (Phi) is 4.70. The molecule has 4 aliphatic rings. The highest BCUT2D eigenvalue weighted by Gasteiger charge is 2.57. The van der Waals surface area contributed by atoms with Crippen molar-refractivity contribution in [2.75, 3.05) is 26.2 Å². The van der Waals surface area contributed by atoms with E-state index in [9.17, 15) is 14.4 Å². The van der Waals surface area contributed by atoms with E-state index in [1.807, 2.05) is 28.0 Å². The number of nitrogens with zero attached hydrogens (tertiary/aromatic N) is 2. The van der Waals surface area contributed by atoms with Crippen LogP contribution in [0.4, 0.5) is 0 Å². The van der Waals surface area contributed by atoms with Crippen LogP contribution in [0.25, 0.3) is 5.57 Å². The molecule has 0 aromatic heterocycles. The molecule has 0 bridgehead atoms. The minimum Gasteiger partial charge on any atom is -0.449 e. The lowest BCUT2D eigenvalue weighted by Crippen LogP contribution is -2.40. The summed E-state index contributed by atoms with van der Waals surface area (Å²) in [5.74, 6) is -0.0315. The second-order valence-corrected chi connectivity index (χ2v) is 10.0. The van der Waals surface area contributed by atoms with Gasteiger partial charge in [-0.1, -0.05) is 48.5 Å². The lowest BCUT2D eigenvalue weighted by Gasteiger charge is -2.27. The number of amides is 2. The van der Waals surface area contributed by atoms with Crippen LogP contribution < -0.4 is 0 Å². The molecule has 3 heterocycles. The molecule has 1 spiro atoms. The zero-order valence-electron chi connectivity index (χ0n) is 19.4. The number of benzene rings is 2. The Bertz CT molecular complexity index is 1230. The molecule has 1 atom stereocenters. The third-order valence-electron chi connectivity index (χ3n) is 8.07. The molecule has 1 saturated carbocycles. The lowest BCUT2D eigenvalue weighted by atomic mass is 9.90. The molecule has 2 aromatic rings. The molecule has 3 aliphatic heterocycles. The molecule has 6 heteroatoms. The van der Waals surface area contributed by atoms with E-state index in [1.54, 1.807) is 13.0 Å². The second-order valence-electron chi connectivity index (χ2n) is 10.0. The third kappa shape index (κ3) is 3.19. The van der Waals surface area contributed by atoms with Gasteiger partial charge in [-0.3, -0.25) is 9.59 Å². The number of ether oxygens (including phenoxy) is 1. The maximum Gasteiger partial charge on any atom is 0.339 e. The monoisotopic (exact) mass is 456 g/mol. The van der Waals surface area contributed by atoms with Crippen LogP contribution in [-0.2, 0) is 25.3 Å². The fraction of sp³-hybridized carbons (Fsp3) is 0.393.